The molecule has 0 aliphatic rings. The van der Waals surface area contributed by atoms with E-state index in [-0.39, 0.29) is 16.8 Å². The van der Waals surface area contributed by atoms with E-state index in [4.69, 9.17) is 0 Å². The van der Waals surface area contributed by atoms with Gasteiger partial charge in [0.05, 0.1) is 10.0 Å². The van der Waals surface area contributed by atoms with Gasteiger partial charge in [-0.1, -0.05) is 6.07 Å². The Morgan fingerprint density at radius 2 is 2.40 bits per heavy atom. The van der Waals surface area contributed by atoms with Crippen LogP contribution in [0.1, 0.15) is 5.56 Å². The molecule has 1 rings (SSSR count). The smallest absolute Gasteiger partial charge is 0.299 e. The molecule has 1 aromatic carbocycles. The van der Waals surface area contributed by atoms with Crippen LogP contribution < -0.4 is 5.43 Å². The van der Waals surface area contributed by atoms with Crippen LogP contribution in [0.2, 0.25) is 0 Å². The van der Waals surface area contributed by atoms with E-state index < -0.39 is 5.82 Å². The first-order valence-electron chi connectivity index (χ1n) is 3.99. The summed E-state index contributed by atoms with van der Waals surface area (Å²) in [6, 6.07) is 4.35. The maximum atomic E-state index is 13.2. The number of halogens is 2. The van der Waals surface area contributed by atoms with Gasteiger partial charge in [-0.25, -0.2) is 4.39 Å². The highest BCUT2D eigenvalue weighted by molar-refractivity contribution is 9.10. The van der Waals surface area contributed by atoms with Gasteiger partial charge in [0.1, 0.15) is 5.82 Å². The minimum atomic E-state index is -0.453. The van der Waals surface area contributed by atoms with E-state index in [0.29, 0.717) is 5.56 Å². The molecule has 1 N–H and O–H groups in total. The van der Waals surface area contributed by atoms with E-state index in [0.717, 1.165) is 0 Å². The molecule has 0 saturated heterocycles. The molecule has 0 bridgehead atoms. The Bertz CT molecular complexity index is 396. The largest absolute Gasteiger partial charge is 0.407 e. The molecule has 0 heterocycles. The molecular weight excluding hydrogens is 267 g/mol. The summed E-state index contributed by atoms with van der Waals surface area (Å²) in [6.45, 7) is 0.230. The first kappa shape index (κ1) is 11.6. The molecule has 0 saturated carbocycles. The Hall–Kier alpha value is -1.43. The van der Waals surface area contributed by atoms with Crippen molar-refractivity contribution in [2.75, 3.05) is 7.05 Å². The highest BCUT2D eigenvalue weighted by atomic mass is 79.9. The summed E-state index contributed by atoms with van der Waals surface area (Å²) in [5, 5.41) is 3.70. The standard InChI is InChI=1S/C9H8BrFN2O2/c1-12-13-9(15-5-14)6-3-2-4-7(11)8(6)10/h2-5,12H,1H3/b13-9-. The third-order valence-electron chi connectivity index (χ3n) is 1.56. The summed E-state index contributed by atoms with van der Waals surface area (Å²) in [5.41, 5.74) is 2.82. The van der Waals surface area contributed by atoms with Crippen LogP contribution in [0.5, 0.6) is 0 Å². The van der Waals surface area contributed by atoms with Crippen LogP contribution in [0, 0.1) is 5.82 Å². The average Bonchev–Trinajstić information content (AvgIpc) is 2.22. The van der Waals surface area contributed by atoms with Crippen molar-refractivity contribution in [3.05, 3.63) is 34.1 Å². The molecule has 0 amide bonds. The van der Waals surface area contributed by atoms with Gasteiger partial charge < -0.3 is 10.2 Å². The third-order valence-corrected chi connectivity index (χ3v) is 2.36. The third kappa shape index (κ3) is 2.76. The Morgan fingerprint density at radius 3 is 3.00 bits per heavy atom. The van der Waals surface area contributed by atoms with Gasteiger partial charge in [-0.15, -0.1) is 5.10 Å². The molecule has 15 heavy (non-hydrogen) atoms. The number of rotatable bonds is 3. The van der Waals surface area contributed by atoms with Gasteiger partial charge in [0, 0.05) is 7.05 Å². The molecule has 1 aromatic rings. The van der Waals surface area contributed by atoms with Crippen molar-refractivity contribution in [1.29, 1.82) is 0 Å². The Balaban J connectivity index is 3.16. The first-order valence-corrected chi connectivity index (χ1v) is 4.79. The maximum absolute atomic E-state index is 13.2. The van der Waals surface area contributed by atoms with Gasteiger partial charge in [0.25, 0.3) is 6.47 Å². The number of carbonyl (C=O) groups excluding carboxylic acids is 1. The number of hydrogen-bond acceptors (Lipinski definition) is 4. The minimum absolute atomic E-state index is 0.00104. The van der Waals surface area contributed by atoms with Crippen molar-refractivity contribution in [2.45, 2.75) is 0 Å². The number of hydrogen-bond donors (Lipinski definition) is 1. The van der Waals surface area contributed by atoms with Crippen molar-refractivity contribution in [2.24, 2.45) is 5.10 Å². The summed E-state index contributed by atoms with van der Waals surface area (Å²) < 4.78 is 18.0. The number of benzene rings is 1. The zero-order chi connectivity index (χ0) is 11.3. The summed E-state index contributed by atoms with van der Waals surface area (Å²) in [7, 11) is 1.54. The van der Waals surface area contributed by atoms with Crippen LogP contribution in [-0.2, 0) is 9.53 Å². The predicted molar refractivity (Wildman–Crippen MR) is 56.8 cm³/mol. The van der Waals surface area contributed by atoms with E-state index in [9.17, 15) is 9.18 Å². The topological polar surface area (TPSA) is 50.7 Å². The summed E-state index contributed by atoms with van der Waals surface area (Å²) >= 11 is 3.04. The molecule has 0 spiro atoms. The molecular formula is C9H8BrFN2O2. The van der Waals surface area contributed by atoms with Gasteiger partial charge in [-0.3, -0.25) is 4.79 Å². The van der Waals surface area contributed by atoms with Gasteiger partial charge in [-0.2, -0.15) is 0 Å². The van der Waals surface area contributed by atoms with Crippen LogP contribution in [0.3, 0.4) is 0 Å². The molecule has 0 aliphatic heterocycles. The molecule has 0 radical (unpaired) electrons. The van der Waals surface area contributed by atoms with E-state index >= 15 is 0 Å². The molecule has 6 heteroatoms. The van der Waals surface area contributed by atoms with Crippen LogP contribution in [0.25, 0.3) is 0 Å². The normalized spacial score (nSPS) is 11.0. The minimum Gasteiger partial charge on any atom is -0.407 e. The van der Waals surface area contributed by atoms with Crippen LogP contribution >= 0.6 is 15.9 Å². The van der Waals surface area contributed by atoms with Crippen LogP contribution in [-0.4, -0.2) is 19.4 Å². The summed E-state index contributed by atoms with van der Waals surface area (Å²) in [6.07, 6.45) is 0. The zero-order valence-electron chi connectivity index (χ0n) is 7.83. The van der Waals surface area contributed by atoms with Crippen molar-refractivity contribution in [3.63, 3.8) is 0 Å². The maximum Gasteiger partial charge on any atom is 0.299 e. The van der Waals surface area contributed by atoms with Gasteiger partial charge in [-0.05, 0) is 28.1 Å². The fraction of sp³-hybridized carbons (Fsp3) is 0.111. The summed E-state index contributed by atoms with van der Waals surface area (Å²) in [4.78, 5) is 10.2. The van der Waals surface area contributed by atoms with Gasteiger partial charge >= 0.3 is 0 Å². The summed E-state index contributed by atoms with van der Waals surface area (Å²) in [5.74, 6) is -0.454. The lowest BCUT2D eigenvalue weighted by Crippen LogP contribution is -2.11. The van der Waals surface area contributed by atoms with Crippen LogP contribution in [0.15, 0.2) is 27.8 Å². The Kier molecular flexibility index (Phi) is 4.23. The van der Waals surface area contributed by atoms with Crippen molar-refractivity contribution < 1.29 is 13.9 Å². The van der Waals surface area contributed by atoms with E-state index in [1.54, 1.807) is 13.1 Å². The van der Waals surface area contributed by atoms with E-state index in [1.807, 2.05) is 0 Å². The molecule has 0 fully saturated rings. The SMILES string of the molecule is CN/N=C(\OC=O)c1cccc(F)c1Br. The average molecular weight is 275 g/mol. The lowest BCUT2D eigenvalue weighted by Gasteiger charge is -2.05. The van der Waals surface area contributed by atoms with Gasteiger partial charge in [0.15, 0.2) is 0 Å². The monoisotopic (exact) mass is 274 g/mol. The second kappa shape index (κ2) is 5.45. The first-order chi connectivity index (χ1) is 7.20. The van der Waals surface area contributed by atoms with Gasteiger partial charge in [0.2, 0.25) is 5.90 Å². The second-order valence-electron chi connectivity index (χ2n) is 2.46. The van der Waals surface area contributed by atoms with E-state index in [1.165, 1.54) is 12.1 Å². The highest BCUT2D eigenvalue weighted by Crippen LogP contribution is 2.21. The second-order valence-corrected chi connectivity index (χ2v) is 3.25. The molecule has 0 aliphatic carbocycles. The highest BCUT2D eigenvalue weighted by Gasteiger charge is 2.12. The lowest BCUT2D eigenvalue weighted by atomic mass is 10.2. The van der Waals surface area contributed by atoms with Crippen LogP contribution in [0.4, 0.5) is 4.39 Å². The molecule has 0 unspecified atom stereocenters. The number of nitrogens with one attached hydrogen (secondary N) is 1. The van der Waals surface area contributed by atoms with Crippen molar-refractivity contribution in [1.82, 2.24) is 5.43 Å². The zero-order valence-corrected chi connectivity index (χ0v) is 9.42. The molecule has 0 aromatic heterocycles. The fourth-order valence-corrected chi connectivity index (χ4v) is 1.40. The Morgan fingerprint density at radius 1 is 1.67 bits per heavy atom. The Labute approximate surface area is 94.2 Å². The van der Waals surface area contributed by atoms with E-state index in [2.05, 4.69) is 31.2 Å². The quantitative estimate of drug-likeness (QED) is 0.395. The lowest BCUT2D eigenvalue weighted by molar-refractivity contribution is -0.121. The molecule has 4 nitrogen and oxygen atoms in total. The predicted octanol–water partition coefficient (Wildman–Crippen LogP) is 1.64. The molecule has 80 valence electrons. The van der Waals surface area contributed by atoms with Crippen molar-refractivity contribution in [3.8, 4) is 0 Å². The number of carbonyl (C=O) groups is 1. The number of nitrogens with zero attached hydrogens (tertiary/aromatic N) is 1. The molecule has 0 atom stereocenters. The fourth-order valence-electron chi connectivity index (χ4n) is 0.966. The number of hydrazone groups is 1. The van der Waals surface area contributed by atoms with Crippen molar-refractivity contribution >= 4 is 28.3 Å². The number of ether oxygens (including phenoxy) is 1.